The largest absolute Gasteiger partial charge is 0.359 e. The minimum Gasteiger partial charge on any atom is -0.359 e. The van der Waals surface area contributed by atoms with Gasteiger partial charge in [-0.2, -0.15) is 0 Å². The summed E-state index contributed by atoms with van der Waals surface area (Å²) in [4.78, 5) is 16.3. The van der Waals surface area contributed by atoms with E-state index in [9.17, 15) is 4.79 Å². The van der Waals surface area contributed by atoms with Crippen LogP contribution in [0.1, 0.15) is 56.0 Å². The van der Waals surface area contributed by atoms with Crippen LogP contribution in [-0.2, 0) is 11.3 Å². The van der Waals surface area contributed by atoms with Crippen LogP contribution < -0.4 is 16.0 Å². The fraction of sp³-hybridized carbons (Fsp3) is 0.476. The highest BCUT2D eigenvalue weighted by molar-refractivity contribution is 6.31. The van der Waals surface area contributed by atoms with Gasteiger partial charge in [-0.15, -0.1) is 0 Å². The SMILES string of the molecule is CCC(CC)c1cc(CNC(=NC)NCCC(=O)Nc2cccc(Cl)c2C)on1. The highest BCUT2D eigenvalue weighted by Crippen LogP contribution is 2.23. The third-order valence-corrected chi connectivity index (χ3v) is 5.23. The Bertz CT molecular complexity index is 830. The van der Waals surface area contributed by atoms with Crippen LogP contribution in [0.3, 0.4) is 0 Å². The molecule has 0 saturated carbocycles. The Morgan fingerprint density at radius 3 is 2.72 bits per heavy atom. The summed E-state index contributed by atoms with van der Waals surface area (Å²) in [6.07, 6.45) is 2.37. The number of halogens is 1. The maximum atomic E-state index is 12.2. The van der Waals surface area contributed by atoms with Gasteiger partial charge in [0.15, 0.2) is 11.7 Å². The number of aromatic nitrogens is 1. The zero-order valence-corrected chi connectivity index (χ0v) is 18.3. The Morgan fingerprint density at radius 1 is 1.28 bits per heavy atom. The summed E-state index contributed by atoms with van der Waals surface area (Å²) >= 11 is 6.08. The zero-order chi connectivity index (χ0) is 21.2. The van der Waals surface area contributed by atoms with Crippen LogP contribution in [-0.4, -0.2) is 30.6 Å². The van der Waals surface area contributed by atoms with Gasteiger partial charge >= 0.3 is 0 Å². The highest BCUT2D eigenvalue weighted by Gasteiger charge is 2.13. The predicted molar refractivity (Wildman–Crippen MR) is 117 cm³/mol. The summed E-state index contributed by atoms with van der Waals surface area (Å²) in [7, 11) is 1.68. The molecule has 2 rings (SSSR count). The number of hydrogen-bond acceptors (Lipinski definition) is 4. The summed E-state index contributed by atoms with van der Waals surface area (Å²) < 4.78 is 5.40. The molecule has 2 aromatic rings. The van der Waals surface area contributed by atoms with Crippen LogP contribution in [0.5, 0.6) is 0 Å². The molecule has 8 heteroatoms. The van der Waals surface area contributed by atoms with Gasteiger partial charge in [0, 0.05) is 42.7 Å². The molecular weight excluding hydrogens is 390 g/mol. The van der Waals surface area contributed by atoms with Gasteiger partial charge in [-0.25, -0.2) is 0 Å². The molecule has 158 valence electrons. The number of carbonyl (C=O) groups is 1. The summed E-state index contributed by atoms with van der Waals surface area (Å²) in [5.41, 5.74) is 2.57. The first-order valence-corrected chi connectivity index (χ1v) is 10.3. The second-order valence-electron chi connectivity index (χ2n) is 6.79. The van der Waals surface area contributed by atoms with Crippen molar-refractivity contribution in [1.82, 2.24) is 15.8 Å². The third kappa shape index (κ3) is 6.78. The van der Waals surface area contributed by atoms with Crippen LogP contribution in [0.4, 0.5) is 5.69 Å². The van der Waals surface area contributed by atoms with Crippen molar-refractivity contribution in [3.05, 3.63) is 46.3 Å². The number of aliphatic imine (C=N–C) groups is 1. The smallest absolute Gasteiger partial charge is 0.226 e. The van der Waals surface area contributed by atoms with Crippen molar-refractivity contribution in [3.8, 4) is 0 Å². The summed E-state index contributed by atoms with van der Waals surface area (Å²) in [5.74, 6) is 1.68. The molecule has 0 aliphatic heterocycles. The van der Waals surface area contributed by atoms with E-state index in [4.69, 9.17) is 16.1 Å². The fourth-order valence-electron chi connectivity index (χ4n) is 2.95. The van der Waals surface area contributed by atoms with E-state index in [1.165, 1.54) is 0 Å². The van der Waals surface area contributed by atoms with Crippen molar-refractivity contribution in [1.29, 1.82) is 0 Å². The molecule has 7 nitrogen and oxygen atoms in total. The van der Waals surface area contributed by atoms with Gasteiger partial charge in [0.25, 0.3) is 0 Å². The van der Waals surface area contributed by atoms with Crippen LogP contribution in [0, 0.1) is 6.92 Å². The topological polar surface area (TPSA) is 91.5 Å². The number of amides is 1. The van der Waals surface area contributed by atoms with Gasteiger partial charge in [0.2, 0.25) is 5.91 Å². The lowest BCUT2D eigenvalue weighted by atomic mass is 9.99. The van der Waals surface area contributed by atoms with Crippen molar-refractivity contribution < 1.29 is 9.32 Å². The number of nitrogens with zero attached hydrogens (tertiary/aromatic N) is 2. The maximum absolute atomic E-state index is 12.2. The first kappa shape index (κ1) is 22.7. The van der Waals surface area contributed by atoms with Crippen molar-refractivity contribution >= 4 is 29.2 Å². The van der Waals surface area contributed by atoms with E-state index in [-0.39, 0.29) is 5.91 Å². The molecule has 0 fully saturated rings. The first-order valence-electron chi connectivity index (χ1n) is 9.93. The van der Waals surface area contributed by atoms with E-state index in [2.05, 4.69) is 39.9 Å². The molecule has 0 radical (unpaired) electrons. The Morgan fingerprint density at radius 2 is 2.03 bits per heavy atom. The molecule has 1 aromatic carbocycles. The molecule has 1 amide bonds. The molecule has 1 heterocycles. The molecule has 0 unspecified atom stereocenters. The minimum atomic E-state index is -0.0941. The number of benzene rings is 1. The van der Waals surface area contributed by atoms with Gasteiger partial charge in [-0.1, -0.05) is 36.7 Å². The van der Waals surface area contributed by atoms with E-state index < -0.39 is 0 Å². The average molecular weight is 420 g/mol. The number of hydrogen-bond donors (Lipinski definition) is 3. The normalized spacial score (nSPS) is 11.6. The van der Waals surface area contributed by atoms with Crippen LogP contribution >= 0.6 is 11.6 Å². The fourth-order valence-corrected chi connectivity index (χ4v) is 3.13. The first-order chi connectivity index (χ1) is 14.0. The molecule has 29 heavy (non-hydrogen) atoms. The van der Waals surface area contributed by atoms with Gasteiger partial charge in [-0.05, 0) is 37.5 Å². The van der Waals surface area contributed by atoms with Gasteiger partial charge in [-0.3, -0.25) is 9.79 Å². The molecule has 0 spiro atoms. The van der Waals surface area contributed by atoms with E-state index in [1.54, 1.807) is 13.1 Å². The monoisotopic (exact) mass is 419 g/mol. The van der Waals surface area contributed by atoms with E-state index in [0.717, 1.165) is 35.5 Å². The second kappa shape index (κ2) is 11.5. The standard InChI is InChI=1S/C21H30ClN5O2/c1-5-15(6-2)19-12-16(29-27-19)13-25-21(23-4)24-11-10-20(28)26-18-9-7-8-17(22)14(18)3/h7-9,12,15H,5-6,10-11,13H2,1-4H3,(H,26,28)(H2,23,24,25). The quantitative estimate of drug-likeness (QED) is 0.417. The van der Waals surface area contributed by atoms with Gasteiger partial charge in [0.1, 0.15) is 0 Å². The van der Waals surface area contributed by atoms with E-state index >= 15 is 0 Å². The average Bonchev–Trinajstić information content (AvgIpc) is 3.18. The molecule has 0 saturated heterocycles. The van der Waals surface area contributed by atoms with Crippen LogP contribution in [0.2, 0.25) is 5.02 Å². The van der Waals surface area contributed by atoms with Crippen molar-refractivity contribution in [2.75, 3.05) is 18.9 Å². The van der Waals surface area contributed by atoms with Crippen molar-refractivity contribution in [2.45, 2.75) is 52.5 Å². The second-order valence-corrected chi connectivity index (χ2v) is 7.20. The maximum Gasteiger partial charge on any atom is 0.226 e. The van der Waals surface area contributed by atoms with E-state index in [0.29, 0.717) is 36.4 Å². The summed E-state index contributed by atoms with van der Waals surface area (Å²) in [6, 6.07) is 7.43. The number of rotatable bonds is 9. The Labute approximate surface area is 177 Å². The zero-order valence-electron chi connectivity index (χ0n) is 17.5. The van der Waals surface area contributed by atoms with Crippen molar-refractivity contribution in [2.24, 2.45) is 4.99 Å². The lowest BCUT2D eigenvalue weighted by Crippen LogP contribution is -2.38. The van der Waals surface area contributed by atoms with E-state index in [1.807, 2.05) is 25.1 Å². The lowest BCUT2D eigenvalue weighted by molar-refractivity contribution is -0.116. The van der Waals surface area contributed by atoms with Crippen LogP contribution in [0.15, 0.2) is 33.8 Å². The third-order valence-electron chi connectivity index (χ3n) is 4.82. The number of guanidine groups is 1. The molecule has 0 atom stereocenters. The Balaban J connectivity index is 1.76. The number of anilines is 1. The van der Waals surface area contributed by atoms with Crippen LogP contribution in [0.25, 0.3) is 0 Å². The molecular formula is C21H30ClN5O2. The number of carbonyl (C=O) groups excluding carboxylic acids is 1. The molecule has 3 N–H and O–H groups in total. The lowest BCUT2D eigenvalue weighted by Gasteiger charge is -2.12. The highest BCUT2D eigenvalue weighted by atomic mass is 35.5. The minimum absolute atomic E-state index is 0.0941. The van der Waals surface area contributed by atoms with Gasteiger partial charge < -0.3 is 20.5 Å². The predicted octanol–water partition coefficient (Wildman–Crippen LogP) is 4.23. The van der Waals surface area contributed by atoms with Crippen molar-refractivity contribution in [3.63, 3.8) is 0 Å². The number of nitrogens with one attached hydrogen (secondary N) is 3. The molecule has 0 bridgehead atoms. The Hall–Kier alpha value is -2.54. The van der Waals surface area contributed by atoms with Gasteiger partial charge in [0.05, 0.1) is 12.2 Å². The molecule has 0 aliphatic rings. The summed E-state index contributed by atoms with van der Waals surface area (Å²) in [6.45, 7) is 7.09. The Kier molecular flexibility index (Phi) is 8.99. The molecule has 1 aromatic heterocycles. The molecule has 0 aliphatic carbocycles. The summed E-state index contributed by atoms with van der Waals surface area (Å²) in [5, 5.41) is 14.0.